The van der Waals surface area contributed by atoms with Gasteiger partial charge in [-0.05, 0) is 48.6 Å². The third-order valence-corrected chi connectivity index (χ3v) is 4.64. The standard InChI is InChI=1S/C21H23FN2O2/c22-19-9-2-1-7-17(19)10-11-20(25)23-15-16-6-5-8-18(14-16)21(26)24-12-3-4-13-24/h1-2,5-9,14H,3-4,10-13,15H2,(H,23,25). The van der Waals surface area contributed by atoms with Gasteiger partial charge in [0.25, 0.3) is 5.91 Å². The SMILES string of the molecule is O=C(CCc1ccccc1F)NCc1cccc(C(=O)N2CCCC2)c1. The van der Waals surface area contributed by atoms with Crippen LogP contribution in [0.1, 0.15) is 40.7 Å². The number of rotatable bonds is 6. The lowest BCUT2D eigenvalue weighted by atomic mass is 10.1. The number of carbonyl (C=O) groups is 2. The zero-order valence-electron chi connectivity index (χ0n) is 14.7. The molecule has 2 amide bonds. The van der Waals surface area contributed by atoms with E-state index in [1.54, 1.807) is 18.2 Å². The van der Waals surface area contributed by atoms with E-state index < -0.39 is 0 Å². The van der Waals surface area contributed by atoms with Crippen LogP contribution in [0.5, 0.6) is 0 Å². The second-order valence-electron chi connectivity index (χ2n) is 6.57. The minimum Gasteiger partial charge on any atom is -0.352 e. The Bertz CT molecular complexity index is 785. The largest absolute Gasteiger partial charge is 0.352 e. The highest BCUT2D eigenvalue weighted by molar-refractivity contribution is 5.94. The summed E-state index contributed by atoms with van der Waals surface area (Å²) in [7, 11) is 0. The first-order valence-corrected chi connectivity index (χ1v) is 9.02. The van der Waals surface area contributed by atoms with Crippen LogP contribution in [0.4, 0.5) is 4.39 Å². The van der Waals surface area contributed by atoms with Gasteiger partial charge in [-0.3, -0.25) is 9.59 Å². The molecule has 0 aromatic heterocycles. The van der Waals surface area contributed by atoms with E-state index in [9.17, 15) is 14.0 Å². The summed E-state index contributed by atoms with van der Waals surface area (Å²) in [6, 6.07) is 13.9. The molecule has 0 radical (unpaired) electrons. The van der Waals surface area contributed by atoms with Gasteiger partial charge in [-0.2, -0.15) is 0 Å². The Morgan fingerprint density at radius 3 is 2.58 bits per heavy atom. The number of likely N-dealkylation sites (tertiary alicyclic amines) is 1. The highest BCUT2D eigenvalue weighted by Crippen LogP contribution is 2.14. The third-order valence-electron chi connectivity index (χ3n) is 4.64. The minimum atomic E-state index is -0.284. The molecule has 5 heteroatoms. The number of nitrogens with zero attached hydrogens (tertiary/aromatic N) is 1. The Morgan fingerprint density at radius 1 is 1.04 bits per heavy atom. The number of hydrogen-bond donors (Lipinski definition) is 1. The molecule has 26 heavy (non-hydrogen) atoms. The van der Waals surface area contributed by atoms with E-state index >= 15 is 0 Å². The first-order valence-electron chi connectivity index (χ1n) is 9.02. The molecule has 0 bridgehead atoms. The molecular weight excluding hydrogens is 331 g/mol. The van der Waals surface area contributed by atoms with E-state index in [4.69, 9.17) is 0 Å². The lowest BCUT2D eigenvalue weighted by Crippen LogP contribution is -2.28. The Hall–Kier alpha value is -2.69. The van der Waals surface area contributed by atoms with Crippen molar-refractivity contribution in [1.82, 2.24) is 10.2 Å². The molecule has 1 heterocycles. The van der Waals surface area contributed by atoms with Crippen LogP contribution in [-0.4, -0.2) is 29.8 Å². The monoisotopic (exact) mass is 354 g/mol. The van der Waals surface area contributed by atoms with Gasteiger partial charge >= 0.3 is 0 Å². The van der Waals surface area contributed by atoms with Gasteiger partial charge in [-0.1, -0.05) is 30.3 Å². The average Bonchev–Trinajstić information content (AvgIpc) is 3.20. The highest BCUT2D eigenvalue weighted by atomic mass is 19.1. The van der Waals surface area contributed by atoms with Gasteiger partial charge in [0, 0.05) is 31.6 Å². The van der Waals surface area contributed by atoms with Crippen molar-refractivity contribution in [2.45, 2.75) is 32.2 Å². The van der Waals surface area contributed by atoms with Crippen LogP contribution in [0.15, 0.2) is 48.5 Å². The van der Waals surface area contributed by atoms with Crippen LogP contribution < -0.4 is 5.32 Å². The molecule has 1 aliphatic rings. The van der Waals surface area contributed by atoms with Gasteiger partial charge in [0.15, 0.2) is 0 Å². The minimum absolute atomic E-state index is 0.0511. The summed E-state index contributed by atoms with van der Waals surface area (Å²) in [6.07, 6.45) is 2.71. The molecule has 0 aliphatic carbocycles. The summed E-state index contributed by atoms with van der Waals surface area (Å²) in [4.78, 5) is 26.3. The molecule has 1 fully saturated rings. The lowest BCUT2D eigenvalue weighted by molar-refractivity contribution is -0.121. The number of halogens is 1. The van der Waals surface area contributed by atoms with Crippen LogP contribution in [0.25, 0.3) is 0 Å². The van der Waals surface area contributed by atoms with Crippen molar-refractivity contribution in [2.75, 3.05) is 13.1 Å². The number of benzene rings is 2. The molecule has 1 N–H and O–H groups in total. The zero-order valence-corrected chi connectivity index (χ0v) is 14.7. The van der Waals surface area contributed by atoms with E-state index in [0.29, 0.717) is 24.1 Å². The fourth-order valence-corrected chi connectivity index (χ4v) is 3.16. The molecule has 3 rings (SSSR count). The van der Waals surface area contributed by atoms with Crippen molar-refractivity contribution in [2.24, 2.45) is 0 Å². The number of carbonyl (C=O) groups excluding carboxylic acids is 2. The number of hydrogen-bond acceptors (Lipinski definition) is 2. The molecule has 4 nitrogen and oxygen atoms in total. The van der Waals surface area contributed by atoms with Crippen molar-refractivity contribution in [3.05, 3.63) is 71.0 Å². The Labute approximate surface area is 153 Å². The van der Waals surface area contributed by atoms with E-state index in [1.165, 1.54) is 6.07 Å². The summed E-state index contributed by atoms with van der Waals surface area (Å²) in [5.41, 5.74) is 2.08. The van der Waals surface area contributed by atoms with Crippen molar-refractivity contribution in [3.63, 3.8) is 0 Å². The fourth-order valence-electron chi connectivity index (χ4n) is 3.16. The molecule has 0 unspecified atom stereocenters. The van der Waals surface area contributed by atoms with E-state index in [1.807, 2.05) is 29.2 Å². The first kappa shape index (κ1) is 18.1. The van der Waals surface area contributed by atoms with Crippen molar-refractivity contribution >= 4 is 11.8 Å². The molecule has 1 saturated heterocycles. The predicted octanol–water partition coefficient (Wildman–Crippen LogP) is 3.31. The van der Waals surface area contributed by atoms with E-state index in [2.05, 4.69) is 5.32 Å². The first-order chi connectivity index (χ1) is 12.6. The molecule has 1 aliphatic heterocycles. The molecular formula is C21H23FN2O2. The maximum atomic E-state index is 13.6. The van der Waals surface area contributed by atoms with Gasteiger partial charge in [0.2, 0.25) is 5.91 Å². The van der Waals surface area contributed by atoms with E-state index in [-0.39, 0.29) is 24.1 Å². The molecule has 136 valence electrons. The van der Waals surface area contributed by atoms with Crippen LogP contribution in [-0.2, 0) is 17.8 Å². The molecule has 0 spiro atoms. The second kappa shape index (κ2) is 8.61. The van der Waals surface area contributed by atoms with Crippen molar-refractivity contribution < 1.29 is 14.0 Å². The molecule has 2 aromatic carbocycles. The normalized spacial score (nSPS) is 13.7. The quantitative estimate of drug-likeness (QED) is 0.865. The molecule has 2 aromatic rings. The van der Waals surface area contributed by atoms with Gasteiger partial charge in [0.1, 0.15) is 5.82 Å². The maximum Gasteiger partial charge on any atom is 0.253 e. The van der Waals surface area contributed by atoms with Crippen LogP contribution in [0.2, 0.25) is 0 Å². The van der Waals surface area contributed by atoms with Crippen molar-refractivity contribution in [3.8, 4) is 0 Å². The zero-order chi connectivity index (χ0) is 18.4. The predicted molar refractivity (Wildman–Crippen MR) is 98.1 cm³/mol. The maximum absolute atomic E-state index is 13.6. The van der Waals surface area contributed by atoms with Crippen LogP contribution in [0, 0.1) is 5.82 Å². The highest BCUT2D eigenvalue weighted by Gasteiger charge is 2.19. The van der Waals surface area contributed by atoms with Gasteiger partial charge in [-0.25, -0.2) is 4.39 Å². The second-order valence-corrected chi connectivity index (χ2v) is 6.57. The molecule has 0 atom stereocenters. The Kier molecular flexibility index (Phi) is 6.00. The van der Waals surface area contributed by atoms with Crippen LogP contribution in [0.3, 0.4) is 0 Å². The van der Waals surface area contributed by atoms with Gasteiger partial charge < -0.3 is 10.2 Å². The van der Waals surface area contributed by atoms with Gasteiger partial charge in [0.05, 0.1) is 0 Å². The van der Waals surface area contributed by atoms with Gasteiger partial charge in [-0.15, -0.1) is 0 Å². The number of amides is 2. The summed E-state index contributed by atoms with van der Waals surface area (Å²) in [5.74, 6) is -0.367. The number of aryl methyl sites for hydroxylation is 1. The smallest absolute Gasteiger partial charge is 0.253 e. The summed E-state index contributed by atoms with van der Waals surface area (Å²) in [5, 5.41) is 2.84. The summed E-state index contributed by atoms with van der Waals surface area (Å²) >= 11 is 0. The lowest BCUT2D eigenvalue weighted by Gasteiger charge is -2.15. The fraction of sp³-hybridized carbons (Fsp3) is 0.333. The average molecular weight is 354 g/mol. The Balaban J connectivity index is 1.51. The topological polar surface area (TPSA) is 49.4 Å². The van der Waals surface area contributed by atoms with Crippen LogP contribution >= 0.6 is 0 Å². The molecule has 0 saturated carbocycles. The third kappa shape index (κ3) is 4.69. The summed E-state index contributed by atoms with van der Waals surface area (Å²) in [6.45, 7) is 1.99. The van der Waals surface area contributed by atoms with E-state index in [0.717, 1.165) is 31.5 Å². The number of nitrogens with one attached hydrogen (secondary N) is 1. The summed E-state index contributed by atoms with van der Waals surface area (Å²) < 4.78 is 13.6. The Morgan fingerprint density at radius 2 is 1.81 bits per heavy atom. The van der Waals surface area contributed by atoms with Crippen molar-refractivity contribution in [1.29, 1.82) is 0 Å².